The van der Waals surface area contributed by atoms with Gasteiger partial charge in [-0.1, -0.05) is 13.8 Å². The zero-order valence-electron chi connectivity index (χ0n) is 11.0. The maximum Gasteiger partial charge on any atom is 0.406 e. The third kappa shape index (κ3) is 7.53. The molecule has 0 rings (SSSR count). The highest BCUT2D eigenvalue weighted by Crippen LogP contribution is 2.17. The summed E-state index contributed by atoms with van der Waals surface area (Å²) >= 11 is 0. The molecule has 0 fully saturated rings. The molecule has 0 aliphatic rings. The van der Waals surface area contributed by atoms with Crippen LogP contribution in [-0.2, 0) is 4.79 Å². The molecule has 0 heterocycles. The Morgan fingerprint density at radius 1 is 1.05 bits per heavy atom. The SMILES string of the molecule is CCCN(CC(=O)O)C(=O)N(CCC)CC(F)(F)F. The number of alkyl halides is 3. The zero-order chi connectivity index (χ0) is 15.1. The molecule has 0 saturated heterocycles. The second-order valence-corrected chi connectivity index (χ2v) is 4.13. The number of carboxylic acid groups (broad SMARTS) is 1. The van der Waals surface area contributed by atoms with Crippen molar-refractivity contribution in [1.82, 2.24) is 9.80 Å². The third-order valence-corrected chi connectivity index (χ3v) is 2.22. The highest BCUT2D eigenvalue weighted by molar-refractivity contribution is 5.80. The van der Waals surface area contributed by atoms with Crippen LogP contribution in [0.3, 0.4) is 0 Å². The molecule has 0 unspecified atom stereocenters. The number of carbonyl (C=O) groups is 2. The molecule has 0 aliphatic carbocycles. The Balaban J connectivity index is 4.85. The van der Waals surface area contributed by atoms with Crippen molar-refractivity contribution < 1.29 is 27.9 Å². The van der Waals surface area contributed by atoms with Gasteiger partial charge in [0.25, 0.3) is 0 Å². The minimum Gasteiger partial charge on any atom is -0.480 e. The van der Waals surface area contributed by atoms with Crippen molar-refractivity contribution in [1.29, 1.82) is 0 Å². The number of nitrogens with zero attached hydrogens (tertiary/aromatic N) is 2. The number of urea groups is 1. The van der Waals surface area contributed by atoms with Gasteiger partial charge in [0.2, 0.25) is 0 Å². The minimum absolute atomic E-state index is 0.0574. The average Bonchev–Trinajstić information content (AvgIpc) is 2.24. The minimum atomic E-state index is -4.49. The molecule has 0 aliphatic heterocycles. The Hall–Kier alpha value is -1.47. The standard InChI is InChI=1S/C11H19F3N2O3/c1-3-5-15(7-9(17)18)10(19)16(6-4-2)8-11(12,13)14/h3-8H2,1-2H3,(H,17,18). The van der Waals surface area contributed by atoms with E-state index in [-0.39, 0.29) is 13.1 Å². The summed E-state index contributed by atoms with van der Waals surface area (Å²) in [4.78, 5) is 24.1. The fourth-order valence-electron chi connectivity index (χ4n) is 1.60. The van der Waals surface area contributed by atoms with Gasteiger partial charge in [-0.15, -0.1) is 0 Å². The van der Waals surface area contributed by atoms with Crippen LogP contribution < -0.4 is 0 Å². The number of carboxylic acids is 1. The molecule has 0 aromatic rings. The number of rotatable bonds is 7. The summed E-state index contributed by atoms with van der Waals surface area (Å²) in [7, 11) is 0. The summed E-state index contributed by atoms with van der Waals surface area (Å²) in [6.45, 7) is 1.47. The first kappa shape index (κ1) is 17.5. The van der Waals surface area contributed by atoms with Gasteiger partial charge in [0, 0.05) is 13.1 Å². The molecule has 5 nitrogen and oxygen atoms in total. The lowest BCUT2D eigenvalue weighted by Crippen LogP contribution is -2.49. The van der Waals surface area contributed by atoms with Gasteiger partial charge in [-0.3, -0.25) is 4.79 Å². The van der Waals surface area contributed by atoms with E-state index in [1.54, 1.807) is 13.8 Å². The van der Waals surface area contributed by atoms with Crippen LogP contribution in [0.5, 0.6) is 0 Å². The second-order valence-electron chi connectivity index (χ2n) is 4.13. The van der Waals surface area contributed by atoms with Crippen molar-refractivity contribution in [2.45, 2.75) is 32.9 Å². The highest BCUT2D eigenvalue weighted by atomic mass is 19.4. The van der Waals surface area contributed by atoms with Gasteiger partial charge >= 0.3 is 18.2 Å². The largest absolute Gasteiger partial charge is 0.480 e. The fraction of sp³-hybridized carbons (Fsp3) is 0.818. The quantitative estimate of drug-likeness (QED) is 0.779. The Kier molecular flexibility index (Phi) is 7.25. The van der Waals surface area contributed by atoms with Crippen LogP contribution in [0.15, 0.2) is 0 Å². The molecule has 0 radical (unpaired) electrons. The summed E-state index contributed by atoms with van der Waals surface area (Å²) in [5, 5.41) is 8.67. The van der Waals surface area contributed by atoms with Gasteiger partial charge in [-0.25, -0.2) is 4.79 Å². The van der Waals surface area contributed by atoms with Crippen molar-refractivity contribution in [2.75, 3.05) is 26.2 Å². The van der Waals surface area contributed by atoms with Crippen LogP contribution in [0.2, 0.25) is 0 Å². The molecule has 1 N–H and O–H groups in total. The van der Waals surface area contributed by atoms with E-state index < -0.39 is 31.3 Å². The molecular weight excluding hydrogens is 265 g/mol. The summed E-state index contributed by atoms with van der Waals surface area (Å²) in [6, 6.07) is -0.886. The Morgan fingerprint density at radius 3 is 1.89 bits per heavy atom. The molecule has 112 valence electrons. The van der Waals surface area contributed by atoms with Crippen LogP contribution in [0, 0.1) is 0 Å². The van der Waals surface area contributed by atoms with E-state index in [4.69, 9.17) is 5.11 Å². The maximum absolute atomic E-state index is 12.4. The molecule has 0 saturated carbocycles. The number of aliphatic carboxylic acids is 1. The Bertz CT molecular complexity index is 308. The summed E-state index contributed by atoms with van der Waals surface area (Å²) in [5.74, 6) is -1.25. The molecule has 0 atom stereocenters. The van der Waals surface area contributed by atoms with Crippen LogP contribution >= 0.6 is 0 Å². The van der Waals surface area contributed by atoms with Crippen LogP contribution in [0.4, 0.5) is 18.0 Å². The Labute approximate surface area is 110 Å². The maximum atomic E-state index is 12.4. The van der Waals surface area contributed by atoms with Crippen LogP contribution in [0.25, 0.3) is 0 Å². The van der Waals surface area contributed by atoms with E-state index in [1.807, 2.05) is 0 Å². The highest BCUT2D eigenvalue weighted by Gasteiger charge is 2.34. The second kappa shape index (κ2) is 7.85. The number of halogens is 3. The topological polar surface area (TPSA) is 60.9 Å². The summed E-state index contributed by atoms with van der Waals surface area (Å²) in [6.07, 6.45) is -3.65. The van der Waals surface area contributed by atoms with Gasteiger partial charge in [0.1, 0.15) is 13.1 Å². The van der Waals surface area contributed by atoms with Crippen LogP contribution in [0.1, 0.15) is 26.7 Å². The number of hydrogen-bond donors (Lipinski definition) is 1. The smallest absolute Gasteiger partial charge is 0.406 e. The van der Waals surface area contributed by atoms with E-state index in [1.165, 1.54) is 0 Å². The number of amides is 2. The predicted octanol–water partition coefficient (Wildman–Crippen LogP) is 2.18. The average molecular weight is 284 g/mol. The monoisotopic (exact) mass is 284 g/mol. The van der Waals surface area contributed by atoms with E-state index in [0.29, 0.717) is 17.7 Å². The van der Waals surface area contributed by atoms with Crippen LogP contribution in [-0.4, -0.2) is 59.3 Å². The lowest BCUT2D eigenvalue weighted by molar-refractivity contribution is -0.142. The van der Waals surface area contributed by atoms with E-state index >= 15 is 0 Å². The molecule has 8 heteroatoms. The lowest BCUT2D eigenvalue weighted by atomic mass is 10.3. The molecule has 0 spiro atoms. The van der Waals surface area contributed by atoms with Gasteiger partial charge in [-0.05, 0) is 12.8 Å². The Morgan fingerprint density at radius 2 is 1.53 bits per heavy atom. The first-order valence-corrected chi connectivity index (χ1v) is 6.03. The summed E-state index contributed by atoms with van der Waals surface area (Å²) in [5.41, 5.74) is 0. The first-order valence-electron chi connectivity index (χ1n) is 6.03. The van der Waals surface area contributed by atoms with Gasteiger partial charge in [0.05, 0.1) is 0 Å². The van der Waals surface area contributed by atoms with Crippen molar-refractivity contribution in [3.8, 4) is 0 Å². The number of hydrogen-bond acceptors (Lipinski definition) is 2. The molecule has 0 bridgehead atoms. The fourth-order valence-corrected chi connectivity index (χ4v) is 1.60. The van der Waals surface area contributed by atoms with Gasteiger partial charge < -0.3 is 14.9 Å². The molecule has 0 aromatic heterocycles. The number of carbonyl (C=O) groups excluding carboxylic acids is 1. The third-order valence-electron chi connectivity index (χ3n) is 2.22. The van der Waals surface area contributed by atoms with Gasteiger partial charge in [0.15, 0.2) is 0 Å². The molecule has 19 heavy (non-hydrogen) atoms. The van der Waals surface area contributed by atoms with Crippen molar-refractivity contribution in [2.24, 2.45) is 0 Å². The van der Waals surface area contributed by atoms with E-state index in [0.717, 1.165) is 4.90 Å². The summed E-state index contributed by atoms with van der Waals surface area (Å²) < 4.78 is 37.1. The molecule has 2 amide bonds. The van der Waals surface area contributed by atoms with Gasteiger partial charge in [-0.2, -0.15) is 13.2 Å². The van der Waals surface area contributed by atoms with Crippen molar-refractivity contribution >= 4 is 12.0 Å². The predicted molar refractivity (Wildman–Crippen MR) is 62.8 cm³/mol. The van der Waals surface area contributed by atoms with Crippen molar-refractivity contribution in [3.63, 3.8) is 0 Å². The zero-order valence-corrected chi connectivity index (χ0v) is 11.0. The lowest BCUT2D eigenvalue weighted by Gasteiger charge is -2.30. The normalized spacial score (nSPS) is 11.2. The molecular formula is C11H19F3N2O3. The molecule has 0 aromatic carbocycles. The van der Waals surface area contributed by atoms with E-state index in [9.17, 15) is 22.8 Å². The first-order chi connectivity index (χ1) is 8.71. The van der Waals surface area contributed by atoms with E-state index in [2.05, 4.69) is 0 Å². The van der Waals surface area contributed by atoms with Crippen molar-refractivity contribution in [3.05, 3.63) is 0 Å².